The van der Waals surface area contributed by atoms with Gasteiger partial charge >= 0.3 is 0 Å². The van der Waals surface area contributed by atoms with E-state index in [1.165, 1.54) is 0 Å². The highest BCUT2D eigenvalue weighted by molar-refractivity contribution is 7.88. The molecule has 156 valence electrons. The molecule has 0 saturated carbocycles. The monoisotopic (exact) mass is 444 g/mol. The predicted molar refractivity (Wildman–Crippen MR) is 116 cm³/mol. The Bertz CT molecular complexity index is 1120. The van der Waals surface area contributed by atoms with Crippen molar-refractivity contribution in [3.05, 3.63) is 94.5 Å². The number of benzene rings is 3. The van der Waals surface area contributed by atoms with Crippen LogP contribution < -0.4 is 19.9 Å². The fraction of sp³-hybridized carbons (Fsp3) is 0.182. The molecule has 0 bridgehead atoms. The Morgan fingerprint density at radius 1 is 0.933 bits per heavy atom. The van der Waals surface area contributed by atoms with Gasteiger partial charge < -0.3 is 15.2 Å². The van der Waals surface area contributed by atoms with Gasteiger partial charge in [-0.3, -0.25) is 0 Å². The summed E-state index contributed by atoms with van der Waals surface area (Å²) in [4.78, 5) is 0. The summed E-state index contributed by atoms with van der Waals surface area (Å²) in [6, 6.07) is 20.6. The Labute approximate surface area is 180 Å². The average Bonchev–Trinajstić information content (AvgIpc) is 3.20. The van der Waals surface area contributed by atoms with Gasteiger partial charge in [-0.2, -0.15) is 0 Å². The van der Waals surface area contributed by atoms with E-state index in [1.54, 1.807) is 12.1 Å². The largest absolute Gasteiger partial charge is 0.454 e. The fourth-order valence-corrected chi connectivity index (χ4v) is 5.09. The first-order valence-electron chi connectivity index (χ1n) is 9.36. The molecule has 2 unspecified atom stereocenters. The lowest BCUT2D eigenvalue weighted by molar-refractivity contribution is 0.174. The van der Waals surface area contributed by atoms with E-state index in [4.69, 9.17) is 26.8 Å². The van der Waals surface area contributed by atoms with Gasteiger partial charge in [0, 0.05) is 11.1 Å². The van der Waals surface area contributed by atoms with Crippen molar-refractivity contribution < 1.29 is 17.9 Å². The van der Waals surface area contributed by atoms with Crippen LogP contribution in [0.3, 0.4) is 0 Å². The summed E-state index contributed by atoms with van der Waals surface area (Å²) >= 11 is 6.27. The third-order valence-corrected chi connectivity index (χ3v) is 6.55. The molecule has 1 aliphatic heterocycles. The molecule has 8 heteroatoms. The Balaban J connectivity index is 1.62. The van der Waals surface area contributed by atoms with Crippen molar-refractivity contribution in [3.63, 3.8) is 0 Å². The molecule has 0 saturated heterocycles. The summed E-state index contributed by atoms with van der Waals surface area (Å²) in [5.41, 5.74) is 8.51. The smallest absolute Gasteiger partial charge is 0.231 e. The highest BCUT2D eigenvalue weighted by Gasteiger charge is 2.28. The molecular formula is C22H21ClN2O4S. The number of hydrogen-bond acceptors (Lipinski definition) is 5. The van der Waals surface area contributed by atoms with Gasteiger partial charge in [0.2, 0.25) is 16.8 Å². The topological polar surface area (TPSA) is 90.7 Å². The second-order valence-electron chi connectivity index (χ2n) is 7.00. The van der Waals surface area contributed by atoms with E-state index in [9.17, 15) is 8.42 Å². The van der Waals surface area contributed by atoms with Crippen LogP contribution in [0.4, 0.5) is 0 Å². The van der Waals surface area contributed by atoms with Crippen molar-refractivity contribution in [2.75, 3.05) is 6.79 Å². The molecule has 0 aliphatic carbocycles. The van der Waals surface area contributed by atoms with E-state index in [0.717, 1.165) is 11.1 Å². The van der Waals surface area contributed by atoms with Crippen molar-refractivity contribution in [2.45, 2.75) is 17.8 Å². The maximum atomic E-state index is 13.1. The van der Waals surface area contributed by atoms with Crippen LogP contribution in [-0.2, 0) is 15.8 Å². The molecule has 0 amide bonds. The molecule has 3 aromatic carbocycles. The fourth-order valence-electron chi connectivity index (χ4n) is 3.39. The number of sulfonamides is 1. The lowest BCUT2D eigenvalue weighted by atomic mass is 9.95. The highest BCUT2D eigenvalue weighted by atomic mass is 35.5. The average molecular weight is 445 g/mol. The summed E-state index contributed by atoms with van der Waals surface area (Å²) in [7, 11) is -3.79. The molecule has 1 heterocycles. The van der Waals surface area contributed by atoms with Gasteiger partial charge in [0.1, 0.15) is 0 Å². The van der Waals surface area contributed by atoms with E-state index >= 15 is 0 Å². The van der Waals surface area contributed by atoms with Crippen LogP contribution in [0.2, 0.25) is 5.02 Å². The summed E-state index contributed by atoms with van der Waals surface area (Å²) in [6.07, 6.45) is 0. The zero-order valence-corrected chi connectivity index (χ0v) is 17.6. The summed E-state index contributed by atoms with van der Waals surface area (Å²) in [5, 5.41) is 0.299. The molecule has 6 nitrogen and oxygen atoms in total. The number of ether oxygens (including phenoxy) is 2. The van der Waals surface area contributed by atoms with Gasteiger partial charge in [-0.25, -0.2) is 13.1 Å². The van der Waals surface area contributed by atoms with E-state index in [1.807, 2.05) is 60.7 Å². The lowest BCUT2D eigenvalue weighted by Crippen LogP contribution is -2.36. The zero-order valence-electron chi connectivity index (χ0n) is 16.0. The highest BCUT2D eigenvalue weighted by Crippen LogP contribution is 2.37. The van der Waals surface area contributed by atoms with Crippen LogP contribution >= 0.6 is 11.6 Å². The van der Waals surface area contributed by atoms with Gasteiger partial charge in [-0.15, -0.1) is 0 Å². The molecule has 0 fully saturated rings. The molecule has 1 aliphatic rings. The first kappa shape index (κ1) is 20.7. The number of fused-ring (bicyclic) bond motifs is 1. The Kier molecular flexibility index (Phi) is 5.97. The van der Waals surface area contributed by atoms with E-state index in [-0.39, 0.29) is 12.5 Å². The zero-order chi connectivity index (χ0) is 21.1. The number of nitrogens with two attached hydrogens (primary N) is 1. The summed E-state index contributed by atoms with van der Waals surface area (Å²) < 4.78 is 39.5. The van der Waals surface area contributed by atoms with Crippen LogP contribution in [0.5, 0.6) is 11.5 Å². The maximum Gasteiger partial charge on any atom is 0.231 e. The van der Waals surface area contributed by atoms with E-state index < -0.39 is 22.1 Å². The normalized spacial score (nSPS) is 15.0. The molecule has 30 heavy (non-hydrogen) atoms. The SMILES string of the molecule is NC(c1ccccc1)C(NS(=O)(=O)Cc1cc2c(cc1Cl)OCO2)c1ccccc1. The minimum atomic E-state index is -3.79. The van der Waals surface area contributed by atoms with Gasteiger partial charge in [-0.05, 0) is 22.8 Å². The van der Waals surface area contributed by atoms with Gasteiger partial charge in [-0.1, -0.05) is 72.3 Å². The molecule has 0 spiro atoms. The minimum absolute atomic E-state index is 0.0854. The molecule has 2 atom stereocenters. The van der Waals surface area contributed by atoms with Gasteiger partial charge in [0.25, 0.3) is 0 Å². The third kappa shape index (κ3) is 4.60. The summed E-state index contributed by atoms with van der Waals surface area (Å²) in [6.45, 7) is 0.0854. The van der Waals surface area contributed by atoms with Crippen molar-refractivity contribution in [3.8, 4) is 11.5 Å². The lowest BCUT2D eigenvalue weighted by Gasteiger charge is -2.26. The van der Waals surface area contributed by atoms with Crippen molar-refractivity contribution in [2.24, 2.45) is 5.73 Å². The van der Waals surface area contributed by atoms with Gasteiger partial charge in [0.05, 0.1) is 17.8 Å². The first-order chi connectivity index (χ1) is 14.4. The van der Waals surface area contributed by atoms with Crippen LogP contribution in [-0.4, -0.2) is 15.2 Å². The van der Waals surface area contributed by atoms with Crippen molar-refractivity contribution in [1.82, 2.24) is 4.72 Å². The Hall–Kier alpha value is -2.58. The van der Waals surface area contributed by atoms with Crippen LogP contribution in [0, 0.1) is 0 Å². The van der Waals surface area contributed by atoms with Gasteiger partial charge in [0.15, 0.2) is 11.5 Å². The number of nitrogens with one attached hydrogen (secondary N) is 1. The molecule has 0 aromatic heterocycles. The van der Waals surface area contributed by atoms with E-state index in [0.29, 0.717) is 22.1 Å². The van der Waals surface area contributed by atoms with Crippen molar-refractivity contribution >= 4 is 21.6 Å². The van der Waals surface area contributed by atoms with Crippen molar-refractivity contribution in [1.29, 1.82) is 0 Å². The third-order valence-electron chi connectivity index (χ3n) is 4.90. The quantitative estimate of drug-likeness (QED) is 0.576. The second-order valence-corrected chi connectivity index (χ2v) is 9.16. The Morgan fingerprint density at radius 3 is 2.13 bits per heavy atom. The number of rotatable bonds is 7. The molecule has 3 N–H and O–H groups in total. The predicted octanol–water partition coefficient (Wildman–Crippen LogP) is 3.93. The standard InChI is InChI=1S/C22H21ClN2O4S/c23-18-12-20-19(28-14-29-20)11-17(18)13-30(26,27)25-22(16-9-5-2-6-10-16)21(24)15-7-3-1-4-8-15/h1-12,21-22,25H,13-14,24H2. The maximum absolute atomic E-state index is 13.1. The number of hydrogen-bond donors (Lipinski definition) is 2. The first-order valence-corrected chi connectivity index (χ1v) is 11.4. The minimum Gasteiger partial charge on any atom is -0.454 e. The molecule has 4 rings (SSSR count). The Morgan fingerprint density at radius 2 is 1.50 bits per heavy atom. The molecule has 3 aromatic rings. The number of halogens is 1. The molecular weight excluding hydrogens is 424 g/mol. The molecule has 0 radical (unpaired) electrons. The van der Waals surface area contributed by atoms with E-state index in [2.05, 4.69) is 4.72 Å². The van der Waals surface area contributed by atoms with Crippen LogP contribution in [0.15, 0.2) is 72.8 Å². The summed E-state index contributed by atoms with van der Waals surface area (Å²) in [5.74, 6) is 0.667. The second kappa shape index (κ2) is 8.65. The van der Waals surface area contributed by atoms with Crippen LogP contribution in [0.1, 0.15) is 28.8 Å². The van der Waals surface area contributed by atoms with Crippen LogP contribution in [0.25, 0.3) is 0 Å².